The van der Waals surface area contributed by atoms with Crippen molar-refractivity contribution in [3.8, 4) is 0 Å². The number of nitrogens with zero attached hydrogens (tertiary/aromatic N) is 1. The first kappa shape index (κ1) is 12.9. The predicted molar refractivity (Wildman–Crippen MR) is 69.6 cm³/mol. The fraction of sp³-hybridized carbons (Fsp3) is 0.929. The van der Waals surface area contributed by atoms with E-state index in [-0.39, 0.29) is 17.7 Å². The quantitative estimate of drug-likeness (QED) is 0.798. The monoisotopic (exact) mass is 238 g/mol. The summed E-state index contributed by atoms with van der Waals surface area (Å²) in [5.41, 5.74) is 0.0356. The lowest BCUT2D eigenvalue weighted by molar-refractivity contribution is -0.136. The van der Waals surface area contributed by atoms with E-state index in [9.17, 15) is 4.79 Å². The summed E-state index contributed by atoms with van der Waals surface area (Å²) in [5, 5.41) is 3.51. The summed E-state index contributed by atoms with van der Waals surface area (Å²) in [5.74, 6) is 1.03. The molecule has 98 valence electrons. The van der Waals surface area contributed by atoms with Gasteiger partial charge in [0.1, 0.15) is 0 Å². The maximum absolute atomic E-state index is 12.5. The standard InChI is InChI=1S/C14H26N2O/c1-5-7-12-15-11(6-2)13(17)16(12)14(3,4)10-8-9-10/h10-12,15H,5-9H2,1-4H3. The van der Waals surface area contributed by atoms with Crippen LogP contribution in [0.1, 0.15) is 59.8 Å². The third-order valence-corrected chi connectivity index (χ3v) is 4.41. The average molecular weight is 238 g/mol. The van der Waals surface area contributed by atoms with Gasteiger partial charge in [-0.2, -0.15) is 0 Å². The molecule has 1 N–H and O–H groups in total. The SMILES string of the molecule is CCCC1NC(CC)C(=O)N1C(C)(C)C1CC1. The number of nitrogens with one attached hydrogen (secondary N) is 1. The third-order valence-electron chi connectivity index (χ3n) is 4.41. The highest BCUT2D eigenvalue weighted by atomic mass is 16.2. The molecule has 1 aliphatic heterocycles. The van der Waals surface area contributed by atoms with E-state index in [4.69, 9.17) is 0 Å². The second kappa shape index (κ2) is 4.60. The van der Waals surface area contributed by atoms with Gasteiger partial charge in [0.15, 0.2) is 0 Å². The average Bonchev–Trinajstić information content (AvgIpc) is 3.05. The van der Waals surface area contributed by atoms with E-state index in [1.54, 1.807) is 0 Å². The molecule has 0 aromatic rings. The molecule has 3 nitrogen and oxygen atoms in total. The molecule has 3 heteroatoms. The Morgan fingerprint density at radius 3 is 2.47 bits per heavy atom. The Morgan fingerprint density at radius 2 is 2.00 bits per heavy atom. The van der Waals surface area contributed by atoms with Crippen LogP contribution in [-0.2, 0) is 4.79 Å². The summed E-state index contributed by atoms with van der Waals surface area (Å²) in [7, 11) is 0. The molecule has 1 amide bonds. The summed E-state index contributed by atoms with van der Waals surface area (Å²) in [4.78, 5) is 14.6. The summed E-state index contributed by atoms with van der Waals surface area (Å²) in [6, 6.07) is 0.0459. The van der Waals surface area contributed by atoms with Crippen LogP contribution in [-0.4, -0.2) is 28.6 Å². The van der Waals surface area contributed by atoms with Gasteiger partial charge in [0.2, 0.25) is 5.91 Å². The normalized spacial score (nSPS) is 30.1. The number of rotatable bonds is 5. The Kier molecular flexibility index (Phi) is 3.48. The first-order chi connectivity index (χ1) is 8.02. The van der Waals surface area contributed by atoms with Crippen molar-refractivity contribution in [3.63, 3.8) is 0 Å². The third kappa shape index (κ3) is 2.22. The maximum atomic E-state index is 12.5. The van der Waals surface area contributed by atoms with Crippen LogP contribution in [0.2, 0.25) is 0 Å². The maximum Gasteiger partial charge on any atom is 0.241 e. The van der Waals surface area contributed by atoms with E-state index < -0.39 is 0 Å². The van der Waals surface area contributed by atoms with Crippen molar-refractivity contribution in [1.82, 2.24) is 10.2 Å². The lowest BCUT2D eigenvalue weighted by atomic mass is 9.94. The summed E-state index contributed by atoms with van der Waals surface area (Å²) >= 11 is 0. The summed E-state index contributed by atoms with van der Waals surface area (Å²) in [6.07, 6.45) is 5.92. The first-order valence-electron chi connectivity index (χ1n) is 7.11. The van der Waals surface area contributed by atoms with Crippen LogP contribution in [0.25, 0.3) is 0 Å². The number of hydrogen-bond acceptors (Lipinski definition) is 2. The highest BCUT2D eigenvalue weighted by molar-refractivity contribution is 5.85. The minimum atomic E-state index is 0.0356. The largest absolute Gasteiger partial charge is 0.320 e. The Balaban J connectivity index is 2.18. The smallest absolute Gasteiger partial charge is 0.241 e. The van der Waals surface area contributed by atoms with Gasteiger partial charge in [-0.3, -0.25) is 10.1 Å². The van der Waals surface area contributed by atoms with Gasteiger partial charge in [0.25, 0.3) is 0 Å². The summed E-state index contributed by atoms with van der Waals surface area (Å²) in [6.45, 7) is 8.76. The van der Waals surface area contributed by atoms with Crippen molar-refractivity contribution in [2.24, 2.45) is 5.92 Å². The molecule has 2 aliphatic rings. The number of hydrogen-bond donors (Lipinski definition) is 1. The van der Waals surface area contributed by atoms with Gasteiger partial charge >= 0.3 is 0 Å². The Morgan fingerprint density at radius 1 is 1.35 bits per heavy atom. The molecule has 17 heavy (non-hydrogen) atoms. The van der Waals surface area contributed by atoms with Crippen molar-refractivity contribution < 1.29 is 4.79 Å². The van der Waals surface area contributed by atoms with Gasteiger partial charge in [-0.15, -0.1) is 0 Å². The van der Waals surface area contributed by atoms with E-state index in [0.29, 0.717) is 11.8 Å². The van der Waals surface area contributed by atoms with Crippen LogP contribution < -0.4 is 5.32 Å². The topological polar surface area (TPSA) is 32.3 Å². The van der Waals surface area contributed by atoms with E-state index >= 15 is 0 Å². The van der Waals surface area contributed by atoms with Gasteiger partial charge in [-0.05, 0) is 45.4 Å². The minimum absolute atomic E-state index is 0.0356. The molecule has 1 saturated carbocycles. The van der Waals surface area contributed by atoms with Crippen molar-refractivity contribution >= 4 is 5.91 Å². The molecule has 0 radical (unpaired) electrons. The molecule has 0 aromatic carbocycles. The molecule has 0 spiro atoms. The molecule has 0 bridgehead atoms. The van der Waals surface area contributed by atoms with Crippen molar-refractivity contribution in [2.75, 3.05) is 0 Å². The van der Waals surface area contributed by atoms with E-state index in [2.05, 4.69) is 37.9 Å². The van der Waals surface area contributed by atoms with Crippen LogP contribution in [0.3, 0.4) is 0 Å². The lowest BCUT2D eigenvalue weighted by Crippen LogP contribution is -2.52. The predicted octanol–water partition coefficient (Wildman–Crippen LogP) is 2.51. The number of amides is 1. The second-order valence-electron chi connectivity index (χ2n) is 6.07. The number of carbonyl (C=O) groups is 1. The number of carbonyl (C=O) groups excluding carboxylic acids is 1. The molecule has 2 unspecified atom stereocenters. The zero-order chi connectivity index (χ0) is 12.6. The molecule has 2 rings (SSSR count). The van der Waals surface area contributed by atoms with Crippen LogP contribution in [0.4, 0.5) is 0 Å². The molecule has 1 saturated heterocycles. The van der Waals surface area contributed by atoms with Gasteiger partial charge in [-0.25, -0.2) is 0 Å². The molecular formula is C14H26N2O. The zero-order valence-electron chi connectivity index (χ0n) is 11.6. The fourth-order valence-electron chi connectivity index (χ4n) is 3.15. The second-order valence-corrected chi connectivity index (χ2v) is 6.07. The van der Waals surface area contributed by atoms with Gasteiger partial charge in [0.05, 0.1) is 12.2 Å². The molecule has 1 aliphatic carbocycles. The minimum Gasteiger partial charge on any atom is -0.320 e. The van der Waals surface area contributed by atoms with Crippen LogP contribution in [0, 0.1) is 5.92 Å². The van der Waals surface area contributed by atoms with E-state index in [0.717, 1.165) is 19.3 Å². The van der Waals surface area contributed by atoms with Crippen LogP contribution in [0.15, 0.2) is 0 Å². The fourth-order valence-corrected chi connectivity index (χ4v) is 3.15. The molecule has 2 atom stereocenters. The Hall–Kier alpha value is -0.570. The van der Waals surface area contributed by atoms with Crippen molar-refractivity contribution in [2.45, 2.75) is 77.5 Å². The van der Waals surface area contributed by atoms with Crippen LogP contribution >= 0.6 is 0 Å². The molecule has 2 fully saturated rings. The Labute approximate surface area is 105 Å². The van der Waals surface area contributed by atoms with E-state index in [1.807, 2.05) is 0 Å². The molecule has 1 heterocycles. The van der Waals surface area contributed by atoms with Crippen molar-refractivity contribution in [3.05, 3.63) is 0 Å². The van der Waals surface area contributed by atoms with Crippen molar-refractivity contribution in [1.29, 1.82) is 0 Å². The summed E-state index contributed by atoms with van der Waals surface area (Å²) < 4.78 is 0. The highest BCUT2D eigenvalue weighted by Crippen LogP contribution is 2.45. The van der Waals surface area contributed by atoms with Gasteiger partial charge in [0, 0.05) is 5.54 Å². The first-order valence-corrected chi connectivity index (χ1v) is 7.11. The highest BCUT2D eigenvalue weighted by Gasteiger charge is 2.50. The van der Waals surface area contributed by atoms with Crippen LogP contribution in [0.5, 0.6) is 0 Å². The van der Waals surface area contributed by atoms with Gasteiger partial charge in [-0.1, -0.05) is 20.3 Å². The Bertz CT molecular complexity index is 297. The van der Waals surface area contributed by atoms with E-state index in [1.165, 1.54) is 12.8 Å². The lowest BCUT2D eigenvalue weighted by Gasteiger charge is -2.40. The molecule has 0 aromatic heterocycles. The zero-order valence-corrected chi connectivity index (χ0v) is 11.6. The molecular weight excluding hydrogens is 212 g/mol. The van der Waals surface area contributed by atoms with Gasteiger partial charge < -0.3 is 4.90 Å².